The zero-order valence-electron chi connectivity index (χ0n) is 9.20. The van der Waals surface area contributed by atoms with E-state index < -0.39 is 0 Å². The topological polar surface area (TPSA) is 18.5 Å². The van der Waals surface area contributed by atoms with Crippen LogP contribution >= 0.6 is 12.6 Å². The van der Waals surface area contributed by atoms with Crippen LogP contribution in [0, 0.1) is 5.82 Å². The van der Waals surface area contributed by atoms with Crippen LogP contribution < -0.4 is 4.74 Å². The van der Waals surface area contributed by atoms with E-state index in [4.69, 9.17) is 9.47 Å². The summed E-state index contributed by atoms with van der Waals surface area (Å²) in [5.74, 6) is 0.661. The minimum atomic E-state index is -0.313. The third kappa shape index (κ3) is 1.92. The summed E-state index contributed by atoms with van der Waals surface area (Å²) in [6, 6.07) is 5.11. The molecule has 0 radical (unpaired) electrons. The van der Waals surface area contributed by atoms with Crippen molar-refractivity contribution in [3.05, 3.63) is 29.6 Å². The third-order valence-electron chi connectivity index (χ3n) is 2.90. The van der Waals surface area contributed by atoms with Gasteiger partial charge in [0.25, 0.3) is 0 Å². The van der Waals surface area contributed by atoms with Crippen LogP contribution in [0.3, 0.4) is 0 Å². The Balaban J connectivity index is 2.26. The Morgan fingerprint density at radius 3 is 2.69 bits per heavy atom. The number of halogens is 1. The molecule has 1 fully saturated rings. The van der Waals surface area contributed by atoms with Crippen molar-refractivity contribution in [3.63, 3.8) is 0 Å². The maximum Gasteiger partial charge on any atom is 0.165 e. The SMILES string of the molecule is CCOc1ccc(C2(CS)COC2)cc1F. The van der Waals surface area contributed by atoms with Crippen LogP contribution in [0.25, 0.3) is 0 Å². The molecule has 1 aliphatic heterocycles. The molecule has 0 atom stereocenters. The molecule has 0 aliphatic carbocycles. The van der Waals surface area contributed by atoms with Crippen molar-refractivity contribution >= 4 is 12.6 Å². The van der Waals surface area contributed by atoms with Crippen LogP contribution in [0.1, 0.15) is 12.5 Å². The highest BCUT2D eigenvalue weighted by atomic mass is 32.1. The maximum atomic E-state index is 13.7. The summed E-state index contributed by atoms with van der Waals surface area (Å²) < 4.78 is 24.0. The van der Waals surface area contributed by atoms with E-state index in [2.05, 4.69) is 12.6 Å². The molecule has 0 spiro atoms. The molecular weight excluding hydrogens is 227 g/mol. The highest BCUT2D eigenvalue weighted by Gasteiger charge is 2.39. The Labute approximate surface area is 100 Å². The normalized spacial score (nSPS) is 17.9. The molecule has 0 aromatic heterocycles. The first-order valence-electron chi connectivity index (χ1n) is 5.33. The van der Waals surface area contributed by atoms with Crippen molar-refractivity contribution in [1.82, 2.24) is 0 Å². The van der Waals surface area contributed by atoms with Crippen LogP contribution in [0.2, 0.25) is 0 Å². The van der Waals surface area contributed by atoms with Crippen molar-refractivity contribution in [2.75, 3.05) is 25.6 Å². The van der Waals surface area contributed by atoms with E-state index in [0.29, 0.717) is 31.3 Å². The zero-order chi connectivity index (χ0) is 11.6. The lowest BCUT2D eigenvalue weighted by Gasteiger charge is -2.40. The summed E-state index contributed by atoms with van der Waals surface area (Å²) in [7, 11) is 0. The Morgan fingerprint density at radius 2 is 2.25 bits per heavy atom. The molecule has 1 saturated heterocycles. The highest BCUT2D eigenvalue weighted by Crippen LogP contribution is 2.35. The first-order chi connectivity index (χ1) is 7.72. The van der Waals surface area contributed by atoms with Gasteiger partial charge in [-0.25, -0.2) is 4.39 Å². The summed E-state index contributed by atoms with van der Waals surface area (Å²) >= 11 is 4.31. The van der Waals surface area contributed by atoms with Gasteiger partial charge in [0.15, 0.2) is 11.6 Å². The van der Waals surface area contributed by atoms with Crippen LogP contribution in [0.4, 0.5) is 4.39 Å². The fraction of sp³-hybridized carbons (Fsp3) is 0.500. The maximum absolute atomic E-state index is 13.7. The average molecular weight is 242 g/mol. The summed E-state index contributed by atoms with van der Waals surface area (Å²) in [6.07, 6.45) is 0. The van der Waals surface area contributed by atoms with Crippen LogP contribution in [-0.2, 0) is 10.2 Å². The Morgan fingerprint density at radius 1 is 1.50 bits per heavy atom. The van der Waals surface area contributed by atoms with Gasteiger partial charge in [-0.15, -0.1) is 0 Å². The van der Waals surface area contributed by atoms with Crippen molar-refractivity contribution in [2.45, 2.75) is 12.3 Å². The second-order valence-electron chi connectivity index (χ2n) is 4.01. The fourth-order valence-corrected chi connectivity index (χ4v) is 2.17. The second-order valence-corrected chi connectivity index (χ2v) is 4.33. The minimum absolute atomic E-state index is 0.116. The zero-order valence-corrected chi connectivity index (χ0v) is 10.1. The van der Waals surface area contributed by atoms with E-state index in [1.54, 1.807) is 6.07 Å². The van der Waals surface area contributed by atoms with E-state index in [1.165, 1.54) is 6.07 Å². The molecule has 2 rings (SSSR count). The molecule has 4 heteroatoms. The lowest BCUT2D eigenvalue weighted by atomic mass is 9.80. The molecule has 1 heterocycles. The van der Waals surface area contributed by atoms with Crippen molar-refractivity contribution in [2.24, 2.45) is 0 Å². The van der Waals surface area contributed by atoms with Crippen LogP contribution in [0.15, 0.2) is 18.2 Å². The van der Waals surface area contributed by atoms with E-state index in [-0.39, 0.29) is 11.2 Å². The van der Waals surface area contributed by atoms with Gasteiger partial charge in [-0.3, -0.25) is 0 Å². The molecule has 0 unspecified atom stereocenters. The average Bonchev–Trinajstić information content (AvgIpc) is 2.21. The number of benzene rings is 1. The van der Waals surface area contributed by atoms with Gasteiger partial charge in [0.05, 0.1) is 25.2 Å². The summed E-state index contributed by atoms with van der Waals surface area (Å²) in [5, 5.41) is 0. The first kappa shape index (κ1) is 11.7. The quantitative estimate of drug-likeness (QED) is 0.817. The van der Waals surface area contributed by atoms with Gasteiger partial charge in [0, 0.05) is 5.75 Å². The van der Waals surface area contributed by atoms with Gasteiger partial charge in [-0.2, -0.15) is 12.6 Å². The molecule has 1 aliphatic rings. The number of ether oxygens (including phenoxy) is 2. The molecule has 88 valence electrons. The lowest BCUT2D eigenvalue weighted by Crippen LogP contribution is -2.48. The second kappa shape index (κ2) is 4.63. The van der Waals surface area contributed by atoms with Crippen molar-refractivity contribution in [3.8, 4) is 5.75 Å². The van der Waals surface area contributed by atoms with E-state index in [0.717, 1.165) is 5.56 Å². The predicted octanol–water partition coefficient (Wildman–Crippen LogP) is 2.42. The molecule has 1 aromatic carbocycles. The smallest absolute Gasteiger partial charge is 0.165 e. The van der Waals surface area contributed by atoms with E-state index in [1.807, 2.05) is 13.0 Å². The summed E-state index contributed by atoms with van der Waals surface area (Å²) in [4.78, 5) is 0. The number of hydrogen-bond acceptors (Lipinski definition) is 3. The van der Waals surface area contributed by atoms with E-state index >= 15 is 0 Å². The monoisotopic (exact) mass is 242 g/mol. The Hall–Kier alpha value is -0.740. The lowest BCUT2D eigenvalue weighted by molar-refractivity contribution is -0.0472. The van der Waals surface area contributed by atoms with Gasteiger partial charge < -0.3 is 9.47 Å². The Bertz CT molecular complexity index is 372. The highest BCUT2D eigenvalue weighted by molar-refractivity contribution is 7.80. The molecule has 2 nitrogen and oxygen atoms in total. The van der Waals surface area contributed by atoms with Gasteiger partial charge >= 0.3 is 0 Å². The van der Waals surface area contributed by atoms with Crippen molar-refractivity contribution in [1.29, 1.82) is 0 Å². The van der Waals surface area contributed by atoms with Crippen molar-refractivity contribution < 1.29 is 13.9 Å². The Kier molecular flexibility index (Phi) is 3.40. The number of thiol groups is 1. The van der Waals surface area contributed by atoms with Crippen LogP contribution in [-0.4, -0.2) is 25.6 Å². The molecule has 16 heavy (non-hydrogen) atoms. The molecule has 0 saturated carbocycles. The molecular formula is C12H15FO2S. The standard InChI is InChI=1S/C12H15FO2S/c1-2-15-11-4-3-9(5-10(11)13)12(8-16)6-14-7-12/h3-5,16H,2,6-8H2,1H3. The van der Waals surface area contributed by atoms with E-state index in [9.17, 15) is 4.39 Å². The number of rotatable bonds is 4. The molecule has 0 bridgehead atoms. The van der Waals surface area contributed by atoms with Gasteiger partial charge in [-0.05, 0) is 24.6 Å². The minimum Gasteiger partial charge on any atom is -0.491 e. The fourth-order valence-electron chi connectivity index (χ4n) is 1.80. The molecule has 1 aromatic rings. The summed E-state index contributed by atoms with van der Waals surface area (Å²) in [6.45, 7) is 3.53. The van der Waals surface area contributed by atoms with Gasteiger partial charge in [0.2, 0.25) is 0 Å². The first-order valence-corrected chi connectivity index (χ1v) is 5.96. The molecule has 0 N–H and O–H groups in total. The summed E-state index contributed by atoms with van der Waals surface area (Å²) in [5.41, 5.74) is 0.823. The molecule has 0 amide bonds. The van der Waals surface area contributed by atoms with Gasteiger partial charge in [-0.1, -0.05) is 6.07 Å². The van der Waals surface area contributed by atoms with Crippen LogP contribution in [0.5, 0.6) is 5.75 Å². The third-order valence-corrected chi connectivity index (χ3v) is 3.51. The largest absolute Gasteiger partial charge is 0.491 e. The van der Waals surface area contributed by atoms with Gasteiger partial charge in [0.1, 0.15) is 0 Å². The predicted molar refractivity (Wildman–Crippen MR) is 63.9 cm³/mol. The number of hydrogen-bond donors (Lipinski definition) is 1.